The molecule has 0 bridgehead atoms. The van der Waals surface area contributed by atoms with Crippen LogP contribution in [0.5, 0.6) is 0 Å². The second-order valence-electron chi connectivity index (χ2n) is 7.93. The van der Waals surface area contributed by atoms with Gasteiger partial charge >= 0.3 is 5.97 Å². The van der Waals surface area contributed by atoms with Crippen LogP contribution in [-0.2, 0) is 4.79 Å². The molecular formula is C22H26N2O3S. The van der Waals surface area contributed by atoms with Crippen LogP contribution < -0.4 is 10.6 Å². The molecule has 1 aliphatic carbocycles. The van der Waals surface area contributed by atoms with Gasteiger partial charge in [-0.2, -0.15) is 0 Å². The number of piperidine rings is 1. The Hall–Kier alpha value is -2.18. The fourth-order valence-electron chi connectivity index (χ4n) is 4.70. The highest BCUT2D eigenvalue weighted by Gasteiger charge is 2.40. The summed E-state index contributed by atoms with van der Waals surface area (Å²) in [7, 11) is 0. The first kappa shape index (κ1) is 19.2. The summed E-state index contributed by atoms with van der Waals surface area (Å²) in [6.45, 7) is 0. The highest BCUT2D eigenvalue weighted by Crippen LogP contribution is 2.42. The Labute approximate surface area is 169 Å². The fraction of sp³-hybridized carbons (Fsp3) is 0.455. The van der Waals surface area contributed by atoms with Gasteiger partial charge in [-0.1, -0.05) is 49.6 Å². The van der Waals surface area contributed by atoms with Crippen molar-refractivity contribution in [3.63, 3.8) is 0 Å². The van der Waals surface area contributed by atoms with E-state index in [-0.39, 0.29) is 29.3 Å². The van der Waals surface area contributed by atoms with Crippen LogP contribution in [0.15, 0.2) is 36.4 Å². The Morgan fingerprint density at radius 3 is 2.54 bits per heavy atom. The molecule has 1 aromatic heterocycles. The van der Waals surface area contributed by atoms with Crippen LogP contribution in [-0.4, -0.2) is 29.1 Å². The molecule has 1 amide bonds. The number of thiophene rings is 1. The molecule has 2 heterocycles. The third-order valence-electron chi connectivity index (χ3n) is 6.00. The smallest absolute Gasteiger partial charge is 0.348 e. The lowest BCUT2D eigenvalue weighted by molar-refractivity contribution is -0.121. The Kier molecular flexibility index (Phi) is 5.51. The summed E-state index contributed by atoms with van der Waals surface area (Å²) < 4.78 is 0. The average molecular weight is 399 g/mol. The molecular weight excluding hydrogens is 372 g/mol. The van der Waals surface area contributed by atoms with E-state index in [2.05, 4.69) is 0 Å². The van der Waals surface area contributed by atoms with Gasteiger partial charge in [-0.05, 0) is 36.8 Å². The van der Waals surface area contributed by atoms with Crippen molar-refractivity contribution in [1.29, 1.82) is 0 Å². The van der Waals surface area contributed by atoms with Crippen molar-refractivity contribution in [3.05, 3.63) is 41.3 Å². The maximum absolute atomic E-state index is 13.0. The zero-order valence-electron chi connectivity index (χ0n) is 15.8. The van der Waals surface area contributed by atoms with Gasteiger partial charge in [0.2, 0.25) is 5.91 Å². The predicted molar refractivity (Wildman–Crippen MR) is 112 cm³/mol. The maximum atomic E-state index is 13.0. The Bertz CT molecular complexity index is 858. The number of nitrogens with zero attached hydrogens (tertiary/aromatic N) is 1. The van der Waals surface area contributed by atoms with Crippen molar-refractivity contribution in [2.75, 3.05) is 4.90 Å². The number of carboxylic acids is 1. The normalized spacial score (nSPS) is 23.8. The molecule has 3 N–H and O–H groups in total. The van der Waals surface area contributed by atoms with Crippen LogP contribution in [0.2, 0.25) is 0 Å². The second-order valence-corrected chi connectivity index (χ2v) is 8.98. The molecule has 0 radical (unpaired) electrons. The monoisotopic (exact) mass is 398 g/mol. The molecule has 2 atom stereocenters. The quantitative estimate of drug-likeness (QED) is 0.793. The standard InChI is InChI=1S/C22H26N2O3S/c23-16-11-17(14-7-3-1-4-8-14)24(20(25)12-16)18-13-19(28-21(18)22(26)27)15-9-5-2-6-10-15/h2,5-6,9-10,13-14,16-17H,1,3-4,7-8,11-12,23H2,(H,26,27)/t16-,17-/m1/s1. The predicted octanol–water partition coefficient (Wildman–Crippen LogP) is 4.52. The molecule has 1 aromatic carbocycles. The third kappa shape index (κ3) is 3.71. The summed E-state index contributed by atoms with van der Waals surface area (Å²) in [4.78, 5) is 27.9. The van der Waals surface area contributed by atoms with Gasteiger partial charge in [-0.15, -0.1) is 11.3 Å². The van der Waals surface area contributed by atoms with E-state index in [1.165, 1.54) is 30.6 Å². The van der Waals surface area contributed by atoms with Crippen LogP contribution in [0.4, 0.5) is 5.69 Å². The topological polar surface area (TPSA) is 83.6 Å². The number of benzene rings is 1. The third-order valence-corrected chi connectivity index (χ3v) is 7.16. The molecule has 1 aliphatic heterocycles. The minimum atomic E-state index is -0.979. The molecule has 6 heteroatoms. The van der Waals surface area contributed by atoms with Crippen LogP contribution in [0.3, 0.4) is 0 Å². The molecule has 5 nitrogen and oxygen atoms in total. The number of hydrogen-bond acceptors (Lipinski definition) is 4. The van der Waals surface area contributed by atoms with Gasteiger partial charge < -0.3 is 15.7 Å². The summed E-state index contributed by atoms with van der Waals surface area (Å²) in [5, 5.41) is 9.84. The molecule has 4 rings (SSSR count). The summed E-state index contributed by atoms with van der Waals surface area (Å²) in [6, 6.07) is 11.5. The molecule has 2 aromatic rings. The number of aromatic carboxylic acids is 1. The van der Waals surface area contributed by atoms with E-state index < -0.39 is 5.97 Å². The molecule has 0 unspecified atom stereocenters. The molecule has 2 fully saturated rings. The number of carboxylic acid groups (broad SMARTS) is 1. The maximum Gasteiger partial charge on any atom is 0.348 e. The van der Waals surface area contributed by atoms with Crippen molar-refractivity contribution in [2.24, 2.45) is 11.7 Å². The highest BCUT2D eigenvalue weighted by atomic mass is 32.1. The lowest BCUT2D eigenvalue weighted by atomic mass is 9.78. The Morgan fingerprint density at radius 1 is 1.14 bits per heavy atom. The van der Waals surface area contributed by atoms with Crippen molar-refractivity contribution in [3.8, 4) is 10.4 Å². The van der Waals surface area contributed by atoms with Crippen molar-refractivity contribution >= 4 is 28.9 Å². The second kappa shape index (κ2) is 8.05. The zero-order valence-corrected chi connectivity index (χ0v) is 16.7. The van der Waals surface area contributed by atoms with Gasteiger partial charge in [-0.25, -0.2) is 4.79 Å². The van der Waals surface area contributed by atoms with Gasteiger partial charge in [-0.3, -0.25) is 4.79 Å². The van der Waals surface area contributed by atoms with Crippen LogP contribution >= 0.6 is 11.3 Å². The molecule has 148 valence electrons. The number of carbonyl (C=O) groups excluding carboxylic acids is 1. The van der Waals surface area contributed by atoms with E-state index >= 15 is 0 Å². The molecule has 28 heavy (non-hydrogen) atoms. The number of anilines is 1. The first-order valence-electron chi connectivity index (χ1n) is 10.0. The summed E-state index contributed by atoms with van der Waals surface area (Å²) in [6.07, 6.45) is 6.76. The average Bonchev–Trinajstić information content (AvgIpc) is 3.14. The van der Waals surface area contributed by atoms with Gasteiger partial charge in [0, 0.05) is 23.4 Å². The fourth-order valence-corrected chi connectivity index (χ4v) is 5.69. The molecule has 1 saturated carbocycles. The molecule has 1 saturated heterocycles. The first-order valence-corrected chi connectivity index (χ1v) is 10.9. The van der Waals surface area contributed by atoms with E-state index in [4.69, 9.17) is 5.73 Å². The van der Waals surface area contributed by atoms with E-state index in [0.717, 1.165) is 29.7 Å². The van der Waals surface area contributed by atoms with E-state index in [1.807, 2.05) is 36.4 Å². The first-order chi connectivity index (χ1) is 13.5. The van der Waals surface area contributed by atoms with E-state index in [9.17, 15) is 14.7 Å². The van der Waals surface area contributed by atoms with Crippen LogP contribution in [0.25, 0.3) is 10.4 Å². The number of hydrogen-bond donors (Lipinski definition) is 2. The highest BCUT2D eigenvalue weighted by molar-refractivity contribution is 7.18. The zero-order chi connectivity index (χ0) is 19.7. The van der Waals surface area contributed by atoms with Gasteiger partial charge in [0.15, 0.2) is 0 Å². The summed E-state index contributed by atoms with van der Waals surface area (Å²) in [5.74, 6) is -0.632. The number of carbonyl (C=O) groups is 2. The van der Waals surface area contributed by atoms with Crippen molar-refractivity contribution < 1.29 is 14.7 Å². The SMILES string of the molecule is N[C@H]1CC(=O)N(c2cc(-c3ccccc3)sc2C(=O)O)[C@@H](C2CCCCC2)C1. The molecule has 0 spiro atoms. The van der Waals surface area contributed by atoms with E-state index in [0.29, 0.717) is 11.6 Å². The van der Waals surface area contributed by atoms with Gasteiger partial charge in [0.05, 0.1) is 5.69 Å². The van der Waals surface area contributed by atoms with E-state index in [1.54, 1.807) is 4.90 Å². The van der Waals surface area contributed by atoms with Gasteiger partial charge in [0.25, 0.3) is 0 Å². The van der Waals surface area contributed by atoms with Crippen molar-refractivity contribution in [2.45, 2.75) is 57.0 Å². The lowest BCUT2D eigenvalue weighted by Crippen LogP contribution is -2.54. The van der Waals surface area contributed by atoms with Gasteiger partial charge in [0.1, 0.15) is 4.88 Å². The largest absolute Gasteiger partial charge is 0.477 e. The minimum Gasteiger partial charge on any atom is -0.477 e. The lowest BCUT2D eigenvalue weighted by Gasteiger charge is -2.43. The molecule has 2 aliphatic rings. The summed E-state index contributed by atoms with van der Waals surface area (Å²) in [5.41, 5.74) is 7.71. The number of rotatable bonds is 4. The Morgan fingerprint density at radius 2 is 1.86 bits per heavy atom. The summed E-state index contributed by atoms with van der Waals surface area (Å²) >= 11 is 1.24. The number of nitrogens with two attached hydrogens (primary N) is 1. The van der Waals surface area contributed by atoms with Crippen LogP contribution in [0, 0.1) is 5.92 Å². The minimum absolute atomic E-state index is 0.00660. The van der Waals surface area contributed by atoms with Crippen molar-refractivity contribution in [1.82, 2.24) is 0 Å². The Balaban J connectivity index is 1.76. The van der Waals surface area contributed by atoms with Crippen LogP contribution in [0.1, 0.15) is 54.6 Å². The number of amides is 1.